The first kappa shape index (κ1) is 24.3. The average molecular weight is 541 g/mol. The van der Waals surface area contributed by atoms with Crippen LogP contribution in [-0.2, 0) is 24.3 Å². The molecule has 3 aromatic rings. The third-order valence-electron chi connectivity index (χ3n) is 4.59. The van der Waals surface area contributed by atoms with Crippen LogP contribution in [-0.4, -0.2) is 56.0 Å². The maximum absolute atomic E-state index is 13.4. The number of hydrogen-bond acceptors (Lipinski definition) is 10. The minimum absolute atomic E-state index is 0.0520. The molecule has 0 saturated carbocycles. The molecule has 4 rings (SSSR count). The second kappa shape index (κ2) is 10.2. The fraction of sp³-hybridized carbons (Fsp3) is 0.200. The lowest BCUT2D eigenvalue weighted by molar-refractivity contribution is -0.137. The number of nitrogens with zero attached hydrogens (tertiary/aromatic N) is 3. The molecule has 1 N–H and O–H groups in total. The minimum Gasteiger partial charge on any atom is -0.476 e. The van der Waals surface area contributed by atoms with E-state index < -0.39 is 28.0 Å². The highest BCUT2D eigenvalue weighted by Gasteiger charge is 2.38. The molecule has 0 aliphatic carbocycles. The van der Waals surface area contributed by atoms with E-state index in [1.165, 1.54) is 31.4 Å². The molecule has 10 nitrogen and oxygen atoms in total. The number of anilines is 2. The number of fused-ring (bicyclic) bond motifs is 1. The summed E-state index contributed by atoms with van der Waals surface area (Å²) in [7, 11) is -2.72. The van der Waals surface area contributed by atoms with Gasteiger partial charge in [-0.05, 0) is 30.3 Å². The molecule has 1 unspecified atom stereocenters. The predicted molar refractivity (Wildman–Crippen MR) is 128 cm³/mol. The quantitative estimate of drug-likeness (QED) is 0.273. The van der Waals surface area contributed by atoms with Gasteiger partial charge in [0.2, 0.25) is 5.13 Å². The Bertz CT molecular complexity index is 1320. The summed E-state index contributed by atoms with van der Waals surface area (Å²) in [5.41, 5.74) is 0.234. The van der Waals surface area contributed by atoms with Crippen LogP contribution >= 0.6 is 34.7 Å². The molecular formula is C20H17ClN4O6S3. The van der Waals surface area contributed by atoms with E-state index in [4.69, 9.17) is 16.3 Å². The van der Waals surface area contributed by atoms with E-state index in [0.717, 1.165) is 27.4 Å². The number of benzene rings is 2. The predicted octanol–water partition coefficient (Wildman–Crippen LogP) is 3.05. The molecule has 1 aromatic heterocycles. The Balaban J connectivity index is 1.56. The molecule has 0 bridgehead atoms. The molecule has 0 radical (unpaired) electrons. The smallest absolute Gasteiger partial charge is 0.316 e. The van der Waals surface area contributed by atoms with Gasteiger partial charge in [-0.3, -0.25) is 19.2 Å². The number of rotatable bonds is 7. The maximum atomic E-state index is 13.4. The third-order valence-corrected chi connectivity index (χ3v) is 8.57. The van der Waals surface area contributed by atoms with Gasteiger partial charge < -0.3 is 9.47 Å². The number of aromatic nitrogens is 2. The number of thioether (sulfide) groups is 1. The summed E-state index contributed by atoms with van der Waals surface area (Å²) in [6, 6.07) is 12.4. The number of sulfonamides is 1. The Morgan fingerprint density at radius 1 is 1.26 bits per heavy atom. The molecule has 2 aromatic carbocycles. The van der Waals surface area contributed by atoms with Crippen molar-refractivity contribution in [1.29, 1.82) is 0 Å². The number of carbonyl (C=O) groups is 2. The third kappa shape index (κ3) is 5.27. The topological polar surface area (TPSA) is 128 Å². The molecule has 34 heavy (non-hydrogen) atoms. The minimum atomic E-state index is -4.00. The zero-order valence-corrected chi connectivity index (χ0v) is 20.7. The van der Waals surface area contributed by atoms with Crippen molar-refractivity contribution in [2.75, 3.05) is 29.0 Å². The summed E-state index contributed by atoms with van der Waals surface area (Å²) in [4.78, 5) is 24.3. The Kier molecular flexibility index (Phi) is 7.26. The Labute approximate surface area is 208 Å². The van der Waals surface area contributed by atoms with E-state index in [0.29, 0.717) is 9.36 Å². The summed E-state index contributed by atoms with van der Waals surface area (Å²) in [6.45, 7) is -0.279. The molecule has 0 spiro atoms. The summed E-state index contributed by atoms with van der Waals surface area (Å²) in [5.74, 6) is -0.771. The number of nitrogens with one attached hydrogen (secondary N) is 1. The number of amides is 1. The van der Waals surface area contributed by atoms with Crippen molar-refractivity contribution >= 4 is 67.4 Å². The van der Waals surface area contributed by atoms with Crippen molar-refractivity contribution < 1.29 is 27.5 Å². The lowest BCUT2D eigenvalue weighted by Gasteiger charge is -2.34. The Morgan fingerprint density at radius 3 is 2.76 bits per heavy atom. The zero-order chi connectivity index (χ0) is 24.3. The molecule has 2 heterocycles. The molecule has 1 aliphatic rings. The highest BCUT2D eigenvalue weighted by atomic mass is 35.5. The molecule has 14 heteroatoms. The molecule has 0 saturated heterocycles. The van der Waals surface area contributed by atoms with Crippen LogP contribution in [0.15, 0.2) is 57.8 Å². The van der Waals surface area contributed by atoms with E-state index in [1.807, 2.05) is 0 Å². The standard InChI is InChI=1S/C20H17ClN4O6S3/c1-30-17(26)11-32-20-24-23-19(33-20)22-18(27)16-10-25(14-9-12(21)7-8-15(14)31-16)34(28,29)13-5-3-2-4-6-13/h2-9,16H,10-11H2,1H3,(H,22,23,27). The van der Waals surface area contributed by atoms with Crippen molar-refractivity contribution in [3.8, 4) is 5.75 Å². The zero-order valence-electron chi connectivity index (χ0n) is 17.5. The first-order valence-electron chi connectivity index (χ1n) is 9.66. The van der Waals surface area contributed by atoms with E-state index in [1.54, 1.807) is 24.3 Å². The normalized spacial score (nSPS) is 15.2. The van der Waals surface area contributed by atoms with Gasteiger partial charge >= 0.3 is 5.97 Å². The van der Waals surface area contributed by atoms with Gasteiger partial charge in [0.25, 0.3) is 15.9 Å². The van der Waals surface area contributed by atoms with Crippen LogP contribution in [0, 0.1) is 0 Å². The summed E-state index contributed by atoms with van der Waals surface area (Å²) in [5, 5.41) is 10.9. The number of esters is 1. The summed E-state index contributed by atoms with van der Waals surface area (Å²) in [6.07, 6.45) is -1.16. The summed E-state index contributed by atoms with van der Waals surface area (Å²) < 4.78 is 38.7. The van der Waals surface area contributed by atoms with Crippen LogP contribution in [0.3, 0.4) is 0 Å². The Morgan fingerprint density at radius 2 is 2.03 bits per heavy atom. The fourth-order valence-electron chi connectivity index (χ4n) is 2.99. The van der Waals surface area contributed by atoms with E-state index in [9.17, 15) is 18.0 Å². The lowest BCUT2D eigenvalue weighted by Crippen LogP contribution is -2.48. The van der Waals surface area contributed by atoms with Crippen LogP contribution in [0.4, 0.5) is 10.8 Å². The van der Waals surface area contributed by atoms with Gasteiger partial charge in [0.05, 0.1) is 30.0 Å². The van der Waals surface area contributed by atoms with Gasteiger partial charge in [0, 0.05) is 5.02 Å². The van der Waals surface area contributed by atoms with Crippen LogP contribution in [0.1, 0.15) is 0 Å². The van der Waals surface area contributed by atoms with Gasteiger partial charge in [-0.15, -0.1) is 10.2 Å². The second-order valence-corrected chi connectivity index (χ2v) is 11.3. The van der Waals surface area contributed by atoms with E-state index >= 15 is 0 Å². The monoisotopic (exact) mass is 540 g/mol. The van der Waals surface area contributed by atoms with Crippen molar-refractivity contribution in [3.05, 3.63) is 53.6 Å². The van der Waals surface area contributed by atoms with E-state index in [-0.39, 0.29) is 33.8 Å². The van der Waals surface area contributed by atoms with E-state index in [2.05, 4.69) is 20.3 Å². The SMILES string of the molecule is COC(=O)CSc1nnc(NC(=O)C2CN(S(=O)(=O)c3ccccc3)c3cc(Cl)ccc3O2)s1. The average Bonchev–Trinajstić information content (AvgIpc) is 3.29. The fourth-order valence-corrected chi connectivity index (χ4v) is 6.23. The van der Waals surface area contributed by atoms with Crippen LogP contribution < -0.4 is 14.4 Å². The molecule has 1 aliphatic heterocycles. The highest BCUT2D eigenvalue weighted by Crippen LogP contribution is 2.39. The van der Waals surface area contributed by atoms with Gasteiger partial charge in [-0.2, -0.15) is 0 Å². The molecule has 1 amide bonds. The number of halogens is 1. The van der Waals surface area contributed by atoms with Crippen molar-refractivity contribution in [3.63, 3.8) is 0 Å². The van der Waals surface area contributed by atoms with Gasteiger partial charge in [-0.1, -0.05) is 52.9 Å². The van der Waals surface area contributed by atoms with Crippen LogP contribution in [0.5, 0.6) is 5.75 Å². The van der Waals surface area contributed by atoms with Gasteiger partial charge in [-0.25, -0.2) is 8.42 Å². The molecule has 1 atom stereocenters. The summed E-state index contributed by atoms with van der Waals surface area (Å²) >= 11 is 8.28. The lowest BCUT2D eigenvalue weighted by atomic mass is 10.2. The molecular weight excluding hydrogens is 524 g/mol. The number of carbonyl (C=O) groups excluding carboxylic acids is 2. The molecule has 0 fully saturated rings. The maximum Gasteiger partial charge on any atom is 0.316 e. The largest absolute Gasteiger partial charge is 0.476 e. The highest BCUT2D eigenvalue weighted by molar-refractivity contribution is 8.01. The second-order valence-electron chi connectivity index (χ2n) is 6.79. The number of hydrogen-bond donors (Lipinski definition) is 1. The number of methoxy groups -OCH3 is 1. The van der Waals surface area contributed by atoms with Crippen molar-refractivity contribution in [1.82, 2.24) is 10.2 Å². The van der Waals surface area contributed by atoms with Crippen LogP contribution in [0.25, 0.3) is 0 Å². The van der Waals surface area contributed by atoms with Gasteiger partial charge in [0.15, 0.2) is 10.4 Å². The Hall–Kier alpha value is -2.87. The van der Waals surface area contributed by atoms with Crippen LogP contribution in [0.2, 0.25) is 5.02 Å². The first-order chi connectivity index (χ1) is 16.3. The number of ether oxygens (including phenoxy) is 2. The van der Waals surface area contributed by atoms with Crippen molar-refractivity contribution in [2.24, 2.45) is 0 Å². The first-order valence-corrected chi connectivity index (χ1v) is 13.3. The van der Waals surface area contributed by atoms with Crippen molar-refractivity contribution in [2.45, 2.75) is 15.3 Å². The van der Waals surface area contributed by atoms with Gasteiger partial charge in [0.1, 0.15) is 5.75 Å². The molecule has 178 valence electrons.